The number of rotatable bonds is 8. The second-order valence-electron chi connectivity index (χ2n) is 11.3. The average Bonchev–Trinajstić information content (AvgIpc) is 2.89. The number of ketones is 3. The third kappa shape index (κ3) is 4.48. The van der Waals surface area contributed by atoms with E-state index in [0.717, 1.165) is 19.3 Å². The Bertz CT molecular complexity index is 1420. The lowest BCUT2D eigenvalue weighted by Gasteiger charge is -2.53. The van der Waals surface area contributed by atoms with E-state index < -0.39 is 75.6 Å². The fraction of sp³-hybridized carbons (Fsp3) is 0.467. The summed E-state index contributed by atoms with van der Waals surface area (Å²) in [5.41, 5.74) is 1.62. The number of likely N-dealkylation sites (N-methyl/N-ethyl adjacent to an activating group) is 1. The molecule has 0 bridgehead atoms. The largest absolute Gasteiger partial charge is 0.508 e. The van der Waals surface area contributed by atoms with Crippen LogP contribution in [0.25, 0.3) is 11.8 Å². The molecule has 11 nitrogen and oxygen atoms in total. The Balaban J connectivity index is 1.93. The maximum atomic E-state index is 14.0. The van der Waals surface area contributed by atoms with Crippen molar-refractivity contribution in [2.45, 2.75) is 63.2 Å². The van der Waals surface area contributed by atoms with E-state index in [4.69, 9.17) is 5.73 Å². The third-order valence-corrected chi connectivity index (χ3v) is 8.62. The average molecular weight is 569 g/mol. The molecule has 0 unspecified atom stereocenters. The number of aliphatic hydroxyl groups is 4. The molecule has 11 heteroatoms. The van der Waals surface area contributed by atoms with Crippen LogP contribution in [0.3, 0.4) is 0 Å². The van der Waals surface area contributed by atoms with Gasteiger partial charge in [-0.2, -0.15) is 0 Å². The first-order chi connectivity index (χ1) is 19.2. The van der Waals surface area contributed by atoms with Gasteiger partial charge in [-0.15, -0.1) is 0 Å². The number of phenolic OH excluding ortho intramolecular Hbond substituents is 1. The van der Waals surface area contributed by atoms with Crippen molar-refractivity contribution in [2.75, 3.05) is 14.1 Å². The zero-order chi connectivity index (χ0) is 30.5. The lowest BCUT2D eigenvalue weighted by atomic mass is 9.54. The van der Waals surface area contributed by atoms with Gasteiger partial charge in [0.2, 0.25) is 5.78 Å². The molecule has 1 amide bonds. The van der Waals surface area contributed by atoms with Gasteiger partial charge in [0.15, 0.2) is 17.2 Å². The van der Waals surface area contributed by atoms with Gasteiger partial charge in [-0.3, -0.25) is 24.1 Å². The number of fused-ring (bicyclic) bond motifs is 3. The van der Waals surface area contributed by atoms with Crippen molar-refractivity contribution in [3.8, 4) is 5.75 Å². The van der Waals surface area contributed by atoms with Gasteiger partial charge in [0.25, 0.3) is 5.91 Å². The Morgan fingerprint density at radius 1 is 1.12 bits per heavy atom. The van der Waals surface area contributed by atoms with Gasteiger partial charge in [0, 0.05) is 17.9 Å². The van der Waals surface area contributed by atoms with E-state index in [0.29, 0.717) is 17.5 Å². The van der Waals surface area contributed by atoms with Crippen LogP contribution in [0.2, 0.25) is 0 Å². The Hall–Kier alpha value is -3.80. The molecule has 0 aromatic heterocycles. The molecule has 0 saturated heterocycles. The van der Waals surface area contributed by atoms with E-state index in [2.05, 4.69) is 0 Å². The second-order valence-corrected chi connectivity index (χ2v) is 11.3. The Morgan fingerprint density at radius 3 is 2.37 bits per heavy atom. The maximum absolute atomic E-state index is 14.0. The molecule has 1 aromatic rings. The molecule has 4 rings (SSSR count). The summed E-state index contributed by atoms with van der Waals surface area (Å²) in [4.78, 5) is 53.2. The van der Waals surface area contributed by atoms with Crippen molar-refractivity contribution in [1.82, 2.24) is 4.90 Å². The minimum absolute atomic E-state index is 0.107. The van der Waals surface area contributed by atoms with Crippen molar-refractivity contribution >= 4 is 35.1 Å². The molecule has 7 N–H and O–H groups in total. The number of nitrogens with zero attached hydrogens (tertiary/aromatic N) is 1. The molecule has 0 heterocycles. The van der Waals surface area contributed by atoms with Crippen LogP contribution in [0.5, 0.6) is 5.75 Å². The lowest BCUT2D eigenvalue weighted by Crippen LogP contribution is -2.70. The van der Waals surface area contributed by atoms with Crippen LogP contribution in [-0.2, 0) is 19.2 Å². The number of nitrogens with two attached hydrogens (primary N) is 1. The normalized spacial score (nSPS) is 29.6. The van der Waals surface area contributed by atoms with E-state index in [1.54, 1.807) is 19.1 Å². The van der Waals surface area contributed by atoms with Crippen LogP contribution in [-0.4, -0.2) is 85.5 Å². The summed E-state index contributed by atoms with van der Waals surface area (Å²) < 4.78 is 0. The van der Waals surface area contributed by atoms with Crippen molar-refractivity contribution in [3.63, 3.8) is 0 Å². The van der Waals surface area contributed by atoms with Crippen molar-refractivity contribution in [1.29, 1.82) is 0 Å². The van der Waals surface area contributed by atoms with E-state index in [1.165, 1.54) is 31.1 Å². The molecule has 0 spiro atoms. The number of hydrogen-bond acceptors (Lipinski definition) is 10. The number of aliphatic hydroxyl groups excluding tert-OH is 3. The Morgan fingerprint density at radius 2 is 1.78 bits per heavy atom. The van der Waals surface area contributed by atoms with Crippen molar-refractivity contribution in [3.05, 3.63) is 51.8 Å². The summed E-state index contributed by atoms with van der Waals surface area (Å²) in [5.74, 6) is -9.67. The minimum Gasteiger partial charge on any atom is -0.508 e. The van der Waals surface area contributed by atoms with Crippen molar-refractivity contribution < 1.29 is 44.7 Å². The van der Waals surface area contributed by atoms with Gasteiger partial charge in [0.05, 0.1) is 23.6 Å². The van der Waals surface area contributed by atoms with Gasteiger partial charge < -0.3 is 31.3 Å². The molecule has 6 atom stereocenters. The highest BCUT2D eigenvalue weighted by atomic mass is 16.4. The molecule has 1 aromatic carbocycles. The molecule has 1 fully saturated rings. The molecule has 3 aliphatic rings. The summed E-state index contributed by atoms with van der Waals surface area (Å²) in [7, 11) is 2.89. The quantitative estimate of drug-likeness (QED) is 0.152. The number of carbonyl (C=O) groups is 4. The maximum Gasteiger partial charge on any atom is 0.255 e. The van der Waals surface area contributed by atoms with E-state index in [1.807, 2.05) is 6.92 Å². The first kappa shape index (κ1) is 30.2. The summed E-state index contributed by atoms with van der Waals surface area (Å²) in [6.07, 6.45) is 4.23. The number of phenols is 1. The first-order valence-corrected chi connectivity index (χ1v) is 13.6. The number of carbonyl (C=O) groups excluding carboxylic acids is 4. The van der Waals surface area contributed by atoms with Gasteiger partial charge in [0.1, 0.15) is 22.8 Å². The zero-order valence-corrected chi connectivity index (χ0v) is 23.4. The number of hydrogen-bond donors (Lipinski definition) is 6. The highest BCUT2D eigenvalue weighted by molar-refractivity contribution is 6.24. The SMILES string of the molecule is CCCCCC(=O)/C=C/c1ccc(O)c2c1[C@H](C)[C@@H]1C(=C2O)C(=O)[C@]2(O)C(O)=C(C(N)=O)C(=O)[C@@H](N(C)C)[C@@H]2[C@H]1O. The van der Waals surface area contributed by atoms with Gasteiger partial charge in [-0.25, -0.2) is 0 Å². The summed E-state index contributed by atoms with van der Waals surface area (Å²) in [5, 5.41) is 56.6. The summed E-state index contributed by atoms with van der Waals surface area (Å²) in [6.45, 7) is 3.68. The number of primary amides is 1. The number of benzene rings is 1. The van der Waals surface area contributed by atoms with E-state index >= 15 is 0 Å². The van der Waals surface area contributed by atoms with Gasteiger partial charge in [-0.05, 0) is 49.7 Å². The summed E-state index contributed by atoms with van der Waals surface area (Å²) >= 11 is 0. The van der Waals surface area contributed by atoms with E-state index in [-0.39, 0.29) is 17.1 Å². The molecular formula is C30H36N2O9. The van der Waals surface area contributed by atoms with Crippen LogP contribution in [0, 0.1) is 11.8 Å². The molecule has 0 aliphatic heterocycles. The molecule has 220 valence electrons. The third-order valence-electron chi connectivity index (χ3n) is 8.62. The van der Waals surface area contributed by atoms with Crippen LogP contribution in [0.1, 0.15) is 62.1 Å². The second kappa shape index (κ2) is 10.9. The Kier molecular flexibility index (Phi) is 8.01. The number of aromatic hydroxyl groups is 1. The van der Waals surface area contributed by atoms with Crippen LogP contribution in [0.15, 0.2) is 35.1 Å². The highest BCUT2D eigenvalue weighted by Crippen LogP contribution is 2.56. The topological polar surface area (TPSA) is 199 Å². The first-order valence-electron chi connectivity index (χ1n) is 13.6. The van der Waals surface area contributed by atoms with Gasteiger partial charge >= 0.3 is 0 Å². The Labute approximate surface area is 237 Å². The number of amides is 1. The van der Waals surface area contributed by atoms with Crippen LogP contribution < -0.4 is 5.73 Å². The van der Waals surface area contributed by atoms with Crippen LogP contribution in [0.4, 0.5) is 0 Å². The smallest absolute Gasteiger partial charge is 0.255 e. The predicted molar refractivity (Wildman–Crippen MR) is 149 cm³/mol. The van der Waals surface area contributed by atoms with Crippen molar-refractivity contribution in [2.24, 2.45) is 17.6 Å². The molecule has 3 aliphatic carbocycles. The molecule has 41 heavy (non-hydrogen) atoms. The molecule has 1 saturated carbocycles. The molecule has 0 radical (unpaired) electrons. The minimum atomic E-state index is -2.97. The monoisotopic (exact) mass is 568 g/mol. The number of Topliss-reactive ketones (excluding diaryl/α,β-unsaturated/α-hetero) is 2. The zero-order valence-electron chi connectivity index (χ0n) is 23.4. The van der Waals surface area contributed by atoms with Gasteiger partial charge in [-0.1, -0.05) is 38.8 Å². The summed E-state index contributed by atoms with van der Waals surface area (Å²) in [6, 6.07) is 1.40. The highest BCUT2D eigenvalue weighted by Gasteiger charge is 2.68. The van der Waals surface area contributed by atoms with Crippen LogP contribution >= 0.6 is 0 Å². The fourth-order valence-corrected chi connectivity index (χ4v) is 6.69. The predicted octanol–water partition coefficient (Wildman–Crippen LogP) is 1.66. The number of unbranched alkanes of at least 4 members (excludes halogenated alkanes) is 2. The van der Waals surface area contributed by atoms with E-state index in [9.17, 15) is 44.7 Å². The number of allylic oxidation sites excluding steroid dienone is 1. The molecular weight excluding hydrogens is 532 g/mol. The fourth-order valence-electron chi connectivity index (χ4n) is 6.69. The standard InChI is InChI=1S/C30H36N2O9/c1-5-6-7-8-15(33)11-9-14-10-12-16(34)19-17(14)13(2)18-20(24(19)35)27(38)30(41)22(25(18)36)23(32(3)4)26(37)21(28(30)39)29(31)40/h9-13,18,22-23,25,34-36,39,41H,5-8H2,1-4H3,(H2,31,40)/b11-9+/t13-,18+,22+,23-,25-,30-/m0/s1. The lowest BCUT2D eigenvalue weighted by molar-refractivity contribution is -0.169.